The van der Waals surface area contributed by atoms with E-state index in [0.717, 1.165) is 11.8 Å². The van der Waals surface area contributed by atoms with Gasteiger partial charge in [-0.15, -0.1) is 0 Å². The van der Waals surface area contributed by atoms with E-state index in [1.165, 1.54) is 58.3 Å². The summed E-state index contributed by atoms with van der Waals surface area (Å²) in [6, 6.07) is 0.700. The lowest BCUT2D eigenvalue weighted by Gasteiger charge is -2.42. The molecule has 2 heteroatoms. The molecule has 1 aliphatic carbocycles. The van der Waals surface area contributed by atoms with E-state index in [9.17, 15) is 0 Å². The number of nitrogens with one attached hydrogen (secondary N) is 1. The minimum atomic E-state index is 0.646. The number of hydrogen-bond donors (Lipinski definition) is 1. The molecule has 0 bridgehead atoms. The summed E-state index contributed by atoms with van der Waals surface area (Å²) in [4.78, 5) is 2.76. The normalized spacial score (nSPS) is 28.4. The van der Waals surface area contributed by atoms with Gasteiger partial charge in [-0.05, 0) is 36.5 Å². The van der Waals surface area contributed by atoms with E-state index in [2.05, 4.69) is 37.9 Å². The fourth-order valence-corrected chi connectivity index (χ4v) is 4.32. The molecule has 112 valence electrons. The second-order valence-electron chi connectivity index (χ2n) is 7.84. The van der Waals surface area contributed by atoms with Gasteiger partial charge >= 0.3 is 0 Å². The SMILES string of the molecule is CC(C)CC1(CN2CCNC(C(C)C)C2)CCCC1. The Morgan fingerprint density at radius 2 is 1.84 bits per heavy atom. The molecule has 0 amide bonds. The molecule has 1 unspecified atom stereocenters. The second kappa shape index (κ2) is 6.58. The van der Waals surface area contributed by atoms with Crippen LogP contribution in [0, 0.1) is 17.3 Å². The van der Waals surface area contributed by atoms with Crippen molar-refractivity contribution in [3.05, 3.63) is 0 Å². The van der Waals surface area contributed by atoms with Crippen LogP contribution in [0.15, 0.2) is 0 Å². The Morgan fingerprint density at radius 1 is 1.16 bits per heavy atom. The lowest BCUT2D eigenvalue weighted by Crippen LogP contribution is -2.54. The van der Waals surface area contributed by atoms with E-state index < -0.39 is 0 Å². The van der Waals surface area contributed by atoms with Gasteiger partial charge in [0.25, 0.3) is 0 Å². The predicted molar refractivity (Wildman–Crippen MR) is 83.4 cm³/mol. The summed E-state index contributed by atoms with van der Waals surface area (Å²) >= 11 is 0. The highest BCUT2D eigenvalue weighted by Gasteiger charge is 2.37. The molecule has 19 heavy (non-hydrogen) atoms. The highest BCUT2D eigenvalue weighted by molar-refractivity contribution is 4.91. The van der Waals surface area contributed by atoms with Gasteiger partial charge in [-0.1, -0.05) is 40.5 Å². The highest BCUT2D eigenvalue weighted by Crippen LogP contribution is 2.43. The summed E-state index contributed by atoms with van der Waals surface area (Å²) in [5.74, 6) is 1.61. The molecular formula is C17H34N2. The van der Waals surface area contributed by atoms with Gasteiger partial charge in [0, 0.05) is 32.2 Å². The largest absolute Gasteiger partial charge is 0.311 e. The van der Waals surface area contributed by atoms with E-state index in [0.29, 0.717) is 11.5 Å². The van der Waals surface area contributed by atoms with Crippen molar-refractivity contribution in [3.63, 3.8) is 0 Å². The van der Waals surface area contributed by atoms with E-state index in [1.807, 2.05) is 0 Å². The van der Waals surface area contributed by atoms with Crippen molar-refractivity contribution in [3.8, 4) is 0 Å². The van der Waals surface area contributed by atoms with Gasteiger partial charge in [0.05, 0.1) is 0 Å². The number of hydrogen-bond acceptors (Lipinski definition) is 2. The van der Waals surface area contributed by atoms with Crippen LogP contribution in [0.3, 0.4) is 0 Å². The topological polar surface area (TPSA) is 15.3 Å². The maximum absolute atomic E-state index is 3.69. The van der Waals surface area contributed by atoms with Crippen molar-refractivity contribution < 1.29 is 0 Å². The zero-order chi connectivity index (χ0) is 13.9. The molecule has 0 aromatic heterocycles. The number of rotatable bonds is 5. The highest BCUT2D eigenvalue weighted by atomic mass is 15.2. The first kappa shape index (κ1) is 15.3. The van der Waals surface area contributed by atoms with Crippen LogP contribution < -0.4 is 5.32 Å². The Hall–Kier alpha value is -0.0800. The van der Waals surface area contributed by atoms with Crippen molar-refractivity contribution >= 4 is 0 Å². The molecule has 2 aliphatic rings. The third-order valence-electron chi connectivity index (χ3n) is 5.16. The lowest BCUT2D eigenvalue weighted by atomic mass is 9.78. The smallest absolute Gasteiger partial charge is 0.0218 e. The molecule has 0 aromatic rings. The summed E-state index contributed by atoms with van der Waals surface area (Å²) in [5.41, 5.74) is 0.646. The molecule has 1 saturated heterocycles. The van der Waals surface area contributed by atoms with Crippen molar-refractivity contribution in [2.24, 2.45) is 17.3 Å². The van der Waals surface area contributed by atoms with Gasteiger partial charge in [-0.2, -0.15) is 0 Å². The summed E-state index contributed by atoms with van der Waals surface area (Å²) in [6.07, 6.45) is 7.31. The molecule has 1 heterocycles. The quantitative estimate of drug-likeness (QED) is 0.819. The monoisotopic (exact) mass is 266 g/mol. The van der Waals surface area contributed by atoms with Gasteiger partial charge in [-0.25, -0.2) is 0 Å². The van der Waals surface area contributed by atoms with E-state index >= 15 is 0 Å². The molecule has 1 atom stereocenters. The molecule has 2 fully saturated rings. The summed E-state index contributed by atoms with van der Waals surface area (Å²) in [5, 5.41) is 3.69. The zero-order valence-electron chi connectivity index (χ0n) is 13.5. The van der Waals surface area contributed by atoms with E-state index in [4.69, 9.17) is 0 Å². The minimum Gasteiger partial charge on any atom is -0.311 e. The van der Waals surface area contributed by atoms with Crippen LogP contribution in [0.1, 0.15) is 59.8 Å². The van der Waals surface area contributed by atoms with Crippen LogP contribution in [-0.4, -0.2) is 37.1 Å². The third-order valence-corrected chi connectivity index (χ3v) is 5.16. The Balaban J connectivity index is 1.93. The van der Waals surface area contributed by atoms with Gasteiger partial charge in [0.1, 0.15) is 0 Å². The van der Waals surface area contributed by atoms with Crippen molar-refractivity contribution in [2.75, 3.05) is 26.2 Å². The zero-order valence-corrected chi connectivity index (χ0v) is 13.5. The fraction of sp³-hybridized carbons (Fsp3) is 1.00. The average Bonchev–Trinajstić information content (AvgIpc) is 2.76. The first-order valence-corrected chi connectivity index (χ1v) is 8.46. The molecule has 0 aromatic carbocycles. The maximum Gasteiger partial charge on any atom is 0.0218 e. The fourth-order valence-electron chi connectivity index (χ4n) is 4.32. The standard InChI is InChI=1S/C17H34N2/c1-14(2)11-17(7-5-6-8-17)13-19-10-9-18-16(12-19)15(3)4/h14-16,18H,5-13H2,1-4H3. The minimum absolute atomic E-state index is 0.646. The molecule has 0 radical (unpaired) electrons. The predicted octanol–water partition coefficient (Wildman–Crippen LogP) is 3.52. The maximum atomic E-state index is 3.69. The van der Waals surface area contributed by atoms with Crippen molar-refractivity contribution in [1.82, 2.24) is 10.2 Å². The first-order chi connectivity index (χ1) is 9.01. The molecular weight excluding hydrogens is 232 g/mol. The average molecular weight is 266 g/mol. The second-order valence-corrected chi connectivity index (χ2v) is 7.84. The molecule has 1 aliphatic heterocycles. The van der Waals surface area contributed by atoms with Gasteiger partial charge in [0.2, 0.25) is 0 Å². The van der Waals surface area contributed by atoms with Gasteiger partial charge < -0.3 is 5.32 Å². The number of piperazine rings is 1. The van der Waals surface area contributed by atoms with Gasteiger partial charge in [-0.3, -0.25) is 4.90 Å². The molecule has 1 N–H and O–H groups in total. The molecule has 2 rings (SSSR count). The third kappa shape index (κ3) is 4.19. The van der Waals surface area contributed by atoms with Crippen LogP contribution in [0.25, 0.3) is 0 Å². The van der Waals surface area contributed by atoms with Crippen LogP contribution in [0.2, 0.25) is 0 Å². The van der Waals surface area contributed by atoms with Crippen LogP contribution in [0.4, 0.5) is 0 Å². The molecule has 2 nitrogen and oxygen atoms in total. The lowest BCUT2D eigenvalue weighted by molar-refractivity contribution is 0.0931. The van der Waals surface area contributed by atoms with Crippen molar-refractivity contribution in [1.29, 1.82) is 0 Å². The Morgan fingerprint density at radius 3 is 2.42 bits per heavy atom. The van der Waals surface area contributed by atoms with E-state index in [1.54, 1.807) is 0 Å². The summed E-state index contributed by atoms with van der Waals surface area (Å²) < 4.78 is 0. The van der Waals surface area contributed by atoms with Crippen molar-refractivity contribution in [2.45, 2.75) is 65.8 Å². The van der Waals surface area contributed by atoms with E-state index in [-0.39, 0.29) is 0 Å². The Labute approximate surface area is 120 Å². The first-order valence-electron chi connectivity index (χ1n) is 8.46. The van der Waals surface area contributed by atoms with Crippen LogP contribution >= 0.6 is 0 Å². The Kier molecular flexibility index (Phi) is 5.30. The number of nitrogens with zero attached hydrogens (tertiary/aromatic N) is 1. The van der Waals surface area contributed by atoms with Crippen LogP contribution in [0.5, 0.6) is 0 Å². The summed E-state index contributed by atoms with van der Waals surface area (Å²) in [6.45, 7) is 14.5. The molecule has 1 saturated carbocycles. The van der Waals surface area contributed by atoms with Crippen LogP contribution in [-0.2, 0) is 0 Å². The van der Waals surface area contributed by atoms with Gasteiger partial charge in [0.15, 0.2) is 0 Å². The Bertz CT molecular complexity index is 266. The summed E-state index contributed by atoms with van der Waals surface area (Å²) in [7, 11) is 0. The molecule has 0 spiro atoms.